The Hall–Kier alpha value is -3.67. The molecule has 3 rings (SSSR count). The van der Waals surface area contributed by atoms with Crippen LogP contribution in [0.4, 0.5) is 5.95 Å². The molecule has 154 valence electrons. The number of carbonyl (C=O) groups is 2. The molecule has 1 N–H and O–H groups in total. The van der Waals surface area contributed by atoms with Crippen molar-refractivity contribution >= 4 is 17.8 Å². The lowest BCUT2D eigenvalue weighted by Gasteiger charge is -2.19. The zero-order chi connectivity index (χ0) is 21.5. The molecule has 6 heteroatoms. The lowest BCUT2D eigenvalue weighted by Crippen LogP contribution is -2.38. The summed E-state index contributed by atoms with van der Waals surface area (Å²) in [6.07, 6.45) is 3.84. The first-order valence-electron chi connectivity index (χ1n) is 9.92. The van der Waals surface area contributed by atoms with Crippen LogP contribution < -0.4 is 5.32 Å². The van der Waals surface area contributed by atoms with Gasteiger partial charge in [0.25, 0.3) is 0 Å². The number of imidazole rings is 1. The first-order valence-corrected chi connectivity index (χ1v) is 9.92. The highest BCUT2D eigenvalue weighted by atomic mass is 16.2. The van der Waals surface area contributed by atoms with E-state index in [9.17, 15) is 9.59 Å². The van der Waals surface area contributed by atoms with E-state index in [2.05, 4.69) is 16.9 Å². The van der Waals surface area contributed by atoms with Gasteiger partial charge in [0.15, 0.2) is 0 Å². The topological polar surface area (TPSA) is 67.2 Å². The van der Waals surface area contributed by atoms with Crippen molar-refractivity contribution in [2.24, 2.45) is 0 Å². The van der Waals surface area contributed by atoms with Crippen LogP contribution in [0.3, 0.4) is 0 Å². The molecule has 0 radical (unpaired) electrons. The van der Waals surface area contributed by atoms with Crippen LogP contribution in [0.1, 0.15) is 18.9 Å². The lowest BCUT2D eigenvalue weighted by molar-refractivity contribution is -0.133. The highest BCUT2D eigenvalue weighted by Gasteiger charge is 2.18. The number of nitrogens with one attached hydrogen (secondary N) is 1. The molecule has 1 heterocycles. The molecular formula is C24H26N4O2. The Morgan fingerprint density at radius 2 is 1.83 bits per heavy atom. The monoisotopic (exact) mass is 402 g/mol. The summed E-state index contributed by atoms with van der Waals surface area (Å²) in [6, 6.07) is 17.8. The Morgan fingerprint density at radius 3 is 2.47 bits per heavy atom. The van der Waals surface area contributed by atoms with Crippen molar-refractivity contribution in [3.63, 3.8) is 0 Å². The molecule has 0 saturated heterocycles. The quantitative estimate of drug-likeness (QED) is 0.574. The molecule has 0 atom stereocenters. The van der Waals surface area contributed by atoms with Gasteiger partial charge in [-0.2, -0.15) is 0 Å². The van der Waals surface area contributed by atoms with Crippen LogP contribution in [0.5, 0.6) is 0 Å². The summed E-state index contributed by atoms with van der Waals surface area (Å²) in [6.45, 7) is 7.72. The van der Waals surface area contributed by atoms with Gasteiger partial charge in [-0.05, 0) is 19.1 Å². The van der Waals surface area contributed by atoms with Crippen LogP contribution >= 0.6 is 0 Å². The van der Waals surface area contributed by atoms with E-state index in [4.69, 9.17) is 0 Å². The number of hydrogen-bond donors (Lipinski definition) is 1. The molecule has 0 bridgehead atoms. The van der Waals surface area contributed by atoms with Crippen molar-refractivity contribution in [1.29, 1.82) is 0 Å². The fourth-order valence-electron chi connectivity index (χ4n) is 3.09. The van der Waals surface area contributed by atoms with Crippen molar-refractivity contribution in [2.45, 2.75) is 20.3 Å². The summed E-state index contributed by atoms with van der Waals surface area (Å²) in [5.41, 5.74) is 3.73. The summed E-state index contributed by atoms with van der Waals surface area (Å²) < 4.78 is 1.85. The maximum Gasteiger partial charge on any atom is 0.246 e. The average Bonchev–Trinajstić information content (AvgIpc) is 3.17. The highest BCUT2D eigenvalue weighted by molar-refractivity contribution is 5.93. The van der Waals surface area contributed by atoms with E-state index in [0.29, 0.717) is 18.9 Å². The van der Waals surface area contributed by atoms with Crippen molar-refractivity contribution in [3.05, 3.63) is 79.0 Å². The van der Waals surface area contributed by atoms with E-state index in [0.717, 1.165) is 22.5 Å². The van der Waals surface area contributed by atoms with Crippen molar-refractivity contribution < 1.29 is 9.59 Å². The molecular weight excluding hydrogens is 376 g/mol. The van der Waals surface area contributed by atoms with E-state index in [-0.39, 0.29) is 18.4 Å². The number of benzene rings is 2. The minimum Gasteiger partial charge on any atom is -0.330 e. The van der Waals surface area contributed by atoms with E-state index < -0.39 is 0 Å². The maximum absolute atomic E-state index is 12.7. The predicted molar refractivity (Wildman–Crippen MR) is 119 cm³/mol. The Kier molecular flexibility index (Phi) is 6.80. The molecule has 0 saturated carbocycles. The van der Waals surface area contributed by atoms with Gasteiger partial charge >= 0.3 is 0 Å². The highest BCUT2D eigenvalue weighted by Crippen LogP contribution is 2.24. The standard InChI is InChI=1S/C24H26N4O2/c1-4-15-27(23(30)5-2)17-22(29)26-24-25-21(19-9-7-6-8-10-19)16-28(24)20-13-11-18(3)12-14-20/h4,6-14,16H,1,5,15,17H2,2-3H3,(H,25,26,29). The van der Waals surface area contributed by atoms with E-state index in [1.807, 2.05) is 72.3 Å². The normalized spacial score (nSPS) is 10.5. The van der Waals surface area contributed by atoms with Gasteiger partial charge in [-0.15, -0.1) is 6.58 Å². The van der Waals surface area contributed by atoms with Gasteiger partial charge in [0.1, 0.15) is 6.54 Å². The fourth-order valence-corrected chi connectivity index (χ4v) is 3.09. The molecule has 0 aliphatic rings. The third-order valence-corrected chi connectivity index (χ3v) is 4.68. The van der Waals surface area contributed by atoms with E-state index >= 15 is 0 Å². The molecule has 0 spiro atoms. The van der Waals surface area contributed by atoms with E-state index in [1.165, 1.54) is 4.90 Å². The van der Waals surface area contributed by atoms with E-state index in [1.54, 1.807) is 13.0 Å². The molecule has 3 aromatic rings. The van der Waals surface area contributed by atoms with Gasteiger partial charge < -0.3 is 4.90 Å². The zero-order valence-electron chi connectivity index (χ0n) is 17.3. The van der Waals surface area contributed by atoms with Crippen LogP contribution in [0.25, 0.3) is 16.9 Å². The SMILES string of the molecule is C=CCN(CC(=O)Nc1nc(-c2ccccc2)cn1-c1ccc(C)cc1)C(=O)CC. The van der Waals surface area contributed by atoms with Crippen molar-refractivity contribution in [2.75, 3.05) is 18.4 Å². The number of rotatable bonds is 8. The smallest absolute Gasteiger partial charge is 0.246 e. The number of amides is 2. The molecule has 0 aliphatic heterocycles. The average molecular weight is 402 g/mol. The van der Waals surface area contributed by atoms with Crippen molar-refractivity contribution in [3.8, 4) is 16.9 Å². The Labute approximate surface area is 176 Å². The number of nitrogens with zero attached hydrogens (tertiary/aromatic N) is 3. The summed E-state index contributed by atoms with van der Waals surface area (Å²) in [4.78, 5) is 30.9. The molecule has 2 aromatic carbocycles. The molecule has 0 unspecified atom stereocenters. The number of carbonyl (C=O) groups excluding carboxylic acids is 2. The van der Waals surface area contributed by atoms with Crippen LogP contribution in [0, 0.1) is 6.92 Å². The second kappa shape index (κ2) is 9.69. The molecule has 0 fully saturated rings. The van der Waals surface area contributed by atoms with Gasteiger partial charge in [0.2, 0.25) is 17.8 Å². The van der Waals surface area contributed by atoms with Gasteiger partial charge in [-0.1, -0.05) is 61.0 Å². The van der Waals surface area contributed by atoms with Gasteiger partial charge in [0, 0.05) is 30.4 Å². The Morgan fingerprint density at radius 1 is 1.13 bits per heavy atom. The van der Waals surface area contributed by atoms with Crippen molar-refractivity contribution in [1.82, 2.24) is 14.5 Å². The summed E-state index contributed by atoms with van der Waals surface area (Å²) in [5, 5.41) is 2.87. The minimum absolute atomic E-state index is 0.0554. The largest absolute Gasteiger partial charge is 0.330 e. The lowest BCUT2D eigenvalue weighted by atomic mass is 10.2. The zero-order valence-corrected chi connectivity index (χ0v) is 17.3. The first kappa shape index (κ1) is 21.0. The second-order valence-electron chi connectivity index (χ2n) is 6.99. The Balaban J connectivity index is 1.91. The van der Waals surface area contributed by atoms with Gasteiger partial charge in [-0.3, -0.25) is 19.5 Å². The number of anilines is 1. The van der Waals surface area contributed by atoms with Crippen LogP contribution in [-0.4, -0.2) is 39.4 Å². The van der Waals surface area contributed by atoms with Crippen LogP contribution in [-0.2, 0) is 9.59 Å². The number of aromatic nitrogens is 2. The molecule has 30 heavy (non-hydrogen) atoms. The molecule has 0 aliphatic carbocycles. The summed E-state index contributed by atoms with van der Waals surface area (Å²) >= 11 is 0. The third kappa shape index (κ3) is 5.03. The number of hydrogen-bond acceptors (Lipinski definition) is 3. The maximum atomic E-state index is 12.7. The minimum atomic E-state index is -0.308. The molecule has 2 amide bonds. The molecule has 1 aromatic heterocycles. The fraction of sp³-hybridized carbons (Fsp3) is 0.208. The van der Waals surface area contributed by atoms with Crippen LogP contribution in [0.15, 0.2) is 73.4 Å². The van der Waals surface area contributed by atoms with Gasteiger partial charge in [0.05, 0.1) is 5.69 Å². The number of aryl methyl sites for hydroxylation is 1. The third-order valence-electron chi connectivity index (χ3n) is 4.68. The second-order valence-corrected chi connectivity index (χ2v) is 6.99. The molecule has 6 nitrogen and oxygen atoms in total. The van der Waals surface area contributed by atoms with Gasteiger partial charge in [-0.25, -0.2) is 4.98 Å². The summed E-state index contributed by atoms with van der Waals surface area (Å²) in [5.74, 6) is -0.000619. The van der Waals surface area contributed by atoms with Crippen LogP contribution in [0.2, 0.25) is 0 Å². The summed E-state index contributed by atoms with van der Waals surface area (Å²) in [7, 11) is 0. The Bertz CT molecular complexity index is 1020. The first-order chi connectivity index (χ1) is 14.5. The predicted octanol–water partition coefficient (Wildman–Crippen LogP) is 4.21.